The van der Waals surface area contributed by atoms with E-state index in [1.807, 2.05) is 62.4 Å². The molecule has 1 aliphatic rings. The highest BCUT2D eigenvalue weighted by Crippen LogP contribution is 2.25. The number of benzene rings is 2. The number of amides is 1. The lowest BCUT2D eigenvalue weighted by molar-refractivity contribution is -0.123. The zero-order valence-electron chi connectivity index (χ0n) is 19.3. The zero-order chi connectivity index (χ0) is 23.4. The Balaban J connectivity index is 1.45. The highest BCUT2D eigenvalue weighted by atomic mass is 16.5. The van der Waals surface area contributed by atoms with Crippen molar-refractivity contribution in [2.45, 2.75) is 33.3 Å². The number of hydrogen-bond donors (Lipinski definition) is 1. The standard InChI is InChI=1S/C26H29N3O4/c1-4-22-17(2)24(21-7-5-6-8-23(21)28-22)26(31)33-18(3)25(30)27-19-9-11-20(12-10-19)29-13-15-32-16-14-29/h5-12,18H,4,13-16H2,1-3H3,(H,27,30). The summed E-state index contributed by atoms with van der Waals surface area (Å²) in [6.07, 6.45) is -0.249. The smallest absolute Gasteiger partial charge is 0.339 e. The van der Waals surface area contributed by atoms with Gasteiger partial charge in [0.2, 0.25) is 0 Å². The first-order valence-corrected chi connectivity index (χ1v) is 11.3. The molecule has 7 heteroatoms. The Hall–Kier alpha value is -3.45. The number of esters is 1. The van der Waals surface area contributed by atoms with Crippen molar-refractivity contribution < 1.29 is 19.1 Å². The molecular weight excluding hydrogens is 418 g/mol. The lowest BCUT2D eigenvalue weighted by Gasteiger charge is -2.28. The van der Waals surface area contributed by atoms with Crippen LogP contribution in [0.1, 0.15) is 35.5 Å². The molecule has 1 fully saturated rings. The molecule has 1 aromatic heterocycles. The van der Waals surface area contributed by atoms with Gasteiger partial charge in [-0.25, -0.2) is 4.79 Å². The van der Waals surface area contributed by atoms with Gasteiger partial charge in [-0.2, -0.15) is 0 Å². The normalized spacial score (nSPS) is 14.7. The fourth-order valence-corrected chi connectivity index (χ4v) is 4.06. The molecule has 1 atom stereocenters. The van der Waals surface area contributed by atoms with Gasteiger partial charge in [-0.15, -0.1) is 0 Å². The van der Waals surface area contributed by atoms with Crippen LogP contribution in [-0.4, -0.2) is 49.3 Å². The Labute approximate surface area is 193 Å². The third-order valence-corrected chi connectivity index (χ3v) is 5.94. The molecule has 0 saturated carbocycles. The molecule has 172 valence electrons. The van der Waals surface area contributed by atoms with Gasteiger partial charge >= 0.3 is 5.97 Å². The number of anilines is 2. The van der Waals surface area contributed by atoms with E-state index >= 15 is 0 Å². The van der Waals surface area contributed by atoms with Crippen molar-refractivity contribution in [3.05, 3.63) is 65.4 Å². The van der Waals surface area contributed by atoms with Crippen molar-refractivity contribution in [3.8, 4) is 0 Å². The van der Waals surface area contributed by atoms with E-state index in [2.05, 4.69) is 15.2 Å². The summed E-state index contributed by atoms with van der Waals surface area (Å²) in [5.74, 6) is -0.902. The second kappa shape index (κ2) is 10.0. The summed E-state index contributed by atoms with van der Waals surface area (Å²) in [5, 5.41) is 3.56. The Kier molecular flexibility index (Phi) is 6.89. The SMILES string of the molecule is CCc1nc2ccccc2c(C(=O)OC(C)C(=O)Nc2ccc(N3CCOCC3)cc2)c1C. The lowest BCUT2D eigenvalue weighted by atomic mass is 10.0. The number of fused-ring (bicyclic) bond motifs is 1. The number of morpholine rings is 1. The molecule has 1 saturated heterocycles. The molecule has 0 aliphatic carbocycles. The molecular formula is C26H29N3O4. The molecule has 0 bridgehead atoms. The number of nitrogens with zero attached hydrogens (tertiary/aromatic N) is 2. The van der Waals surface area contributed by atoms with Crippen LogP contribution in [0.15, 0.2) is 48.5 Å². The number of hydrogen-bond acceptors (Lipinski definition) is 6. The summed E-state index contributed by atoms with van der Waals surface area (Å²) in [7, 11) is 0. The number of carbonyl (C=O) groups is 2. The van der Waals surface area contributed by atoms with Crippen LogP contribution in [0.3, 0.4) is 0 Å². The van der Waals surface area contributed by atoms with Gasteiger partial charge in [0.25, 0.3) is 5.91 Å². The molecule has 2 aromatic carbocycles. The maximum atomic E-state index is 13.1. The molecule has 33 heavy (non-hydrogen) atoms. The lowest BCUT2D eigenvalue weighted by Crippen LogP contribution is -2.36. The van der Waals surface area contributed by atoms with Gasteiger partial charge in [-0.05, 0) is 56.2 Å². The number of rotatable bonds is 6. The Morgan fingerprint density at radius 2 is 1.82 bits per heavy atom. The molecule has 1 aliphatic heterocycles. The third-order valence-electron chi connectivity index (χ3n) is 5.94. The number of nitrogens with one attached hydrogen (secondary N) is 1. The fraction of sp³-hybridized carbons (Fsp3) is 0.346. The van der Waals surface area contributed by atoms with Crippen LogP contribution in [-0.2, 0) is 20.7 Å². The van der Waals surface area contributed by atoms with Gasteiger partial charge in [0.1, 0.15) is 0 Å². The molecule has 2 heterocycles. The highest BCUT2D eigenvalue weighted by Gasteiger charge is 2.24. The number of carbonyl (C=O) groups excluding carboxylic acids is 2. The zero-order valence-corrected chi connectivity index (χ0v) is 19.3. The van der Waals surface area contributed by atoms with E-state index in [0.29, 0.717) is 30.9 Å². The van der Waals surface area contributed by atoms with E-state index in [4.69, 9.17) is 9.47 Å². The molecule has 1 N–H and O–H groups in total. The first kappa shape index (κ1) is 22.7. The highest BCUT2D eigenvalue weighted by molar-refractivity contribution is 6.06. The van der Waals surface area contributed by atoms with Crippen molar-refractivity contribution in [1.82, 2.24) is 4.98 Å². The summed E-state index contributed by atoms with van der Waals surface area (Å²) in [4.78, 5) is 32.7. The van der Waals surface area contributed by atoms with Crippen LogP contribution >= 0.6 is 0 Å². The molecule has 4 rings (SSSR count). The third kappa shape index (κ3) is 4.98. The minimum atomic E-state index is -0.951. The van der Waals surface area contributed by atoms with Crippen molar-refractivity contribution in [2.24, 2.45) is 0 Å². The monoisotopic (exact) mass is 447 g/mol. The van der Waals surface area contributed by atoms with E-state index < -0.39 is 12.1 Å². The summed E-state index contributed by atoms with van der Waals surface area (Å²) in [6, 6.07) is 15.1. The van der Waals surface area contributed by atoms with Gasteiger partial charge in [0.15, 0.2) is 6.10 Å². The number of para-hydroxylation sites is 1. The second-order valence-electron chi connectivity index (χ2n) is 8.11. The summed E-state index contributed by atoms with van der Waals surface area (Å²) in [6.45, 7) is 8.58. The van der Waals surface area contributed by atoms with E-state index in [-0.39, 0.29) is 5.91 Å². The van der Waals surface area contributed by atoms with Crippen LogP contribution in [0.2, 0.25) is 0 Å². The average molecular weight is 448 g/mol. The van der Waals surface area contributed by atoms with Gasteiger partial charge < -0.3 is 19.7 Å². The van der Waals surface area contributed by atoms with Crippen LogP contribution in [0, 0.1) is 6.92 Å². The molecule has 0 radical (unpaired) electrons. The Morgan fingerprint density at radius 1 is 1.12 bits per heavy atom. The van der Waals surface area contributed by atoms with Gasteiger partial charge in [-0.1, -0.05) is 25.1 Å². The summed E-state index contributed by atoms with van der Waals surface area (Å²) < 4.78 is 11.0. The van der Waals surface area contributed by atoms with Gasteiger partial charge in [0, 0.05) is 35.5 Å². The summed E-state index contributed by atoms with van der Waals surface area (Å²) in [5.41, 5.74) is 4.57. The van der Waals surface area contributed by atoms with Crippen LogP contribution < -0.4 is 10.2 Å². The van der Waals surface area contributed by atoms with Crippen molar-refractivity contribution >= 4 is 34.2 Å². The van der Waals surface area contributed by atoms with Crippen molar-refractivity contribution in [3.63, 3.8) is 0 Å². The summed E-state index contributed by atoms with van der Waals surface area (Å²) >= 11 is 0. The number of aryl methyl sites for hydroxylation is 1. The predicted molar refractivity (Wildman–Crippen MR) is 129 cm³/mol. The average Bonchev–Trinajstić information content (AvgIpc) is 2.84. The number of pyridine rings is 1. The number of ether oxygens (including phenoxy) is 2. The Bertz CT molecular complexity index is 1150. The van der Waals surface area contributed by atoms with E-state index in [9.17, 15) is 9.59 Å². The molecule has 1 unspecified atom stereocenters. The Morgan fingerprint density at radius 3 is 2.52 bits per heavy atom. The van der Waals surface area contributed by atoms with Crippen LogP contribution in [0.5, 0.6) is 0 Å². The van der Waals surface area contributed by atoms with E-state index in [0.717, 1.165) is 40.9 Å². The van der Waals surface area contributed by atoms with Crippen LogP contribution in [0.4, 0.5) is 11.4 Å². The minimum Gasteiger partial charge on any atom is -0.449 e. The second-order valence-corrected chi connectivity index (χ2v) is 8.11. The van der Waals surface area contributed by atoms with Crippen molar-refractivity contribution in [2.75, 3.05) is 36.5 Å². The molecule has 3 aromatic rings. The maximum absolute atomic E-state index is 13.1. The maximum Gasteiger partial charge on any atom is 0.339 e. The molecule has 7 nitrogen and oxygen atoms in total. The first-order valence-electron chi connectivity index (χ1n) is 11.3. The topological polar surface area (TPSA) is 80.8 Å². The molecule has 1 amide bonds. The largest absolute Gasteiger partial charge is 0.449 e. The minimum absolute atomic E-state index is 0.380. The van der Waals surface area contributed by atoms with Crippen LogP contribution in [0.25, 0.3) is 10.9 Å². The predicted octanol–water partition coefficient (Wildman–Crippen LogP) is 4.13. The molecule has 0 spiro atoms. The quantitative estimate of drug-likeness (QED) is 0.573. The van der Waals surface area contributed by atoms with E-state index in [1.54, 1.807) is 6.92 Å². The van der Waals surface area contributed by atoms with E-state index in [1.165, 1.54) is 0 Å². The first-order chi connectivity index (χ1) is 16.0. The fourth-order valence-electron chi connectivity index (χ4n) is 4.06. The van der Waals surface area contributed by atoms with Gasteiger partial charge in [-0.3, -0.25) is 9.78 Å². The number of aromatic nitrogens is 1. The van der Waals surface area contributed by atoms with Crippen molar-refractivity contribution in [1.29, 1.82) is 0 Å². The van der Waals surface area contributed by atoms with Gasteiger partial charge in [0.05, 0.1) is 24.3 Å².